The zero-order chi connectivity index (χ0) is 18.1. The normalized spacial score (nSPS) is 19.2. The SMILES string of the molecule is O=C1C(=O)N(Cc2ccco2)C(c2ccco2)/C1=C(/O)c1ccncc1. The first kappa shape index (κ1) is 15.9. The average molecular weight is 350 g/mol. The molecule has 1 N–H and O–H groups in total. The fourth-order valence-electron chi connectivity index (χ4n) is 3.02. The summed E-state index contributed by atoms with van der Waals surface area (Å²) >= 11 is 0. The number of hydrogen-bond donors (Lipinski definition) is 1. The van der Waals surface area contributed by atoms with Crippen molar-refractivity contribution in [1.29, 1.82) is 0 Å². The number of ketones is 1. The minimum absolute atomic E-state index is 0.0253. The Balaban J connectivity index is 1.84. The van der Waals surface area contributed by atoms with Crippen molar-refractivity contribution in [3.63, 3.8) is 0 Å². The van der Waals surface area contributed by atoms with Crippen LogP contribution >= 0.6 is 0 Å². The molecular weight excluding hydrogens is 336 g/mol. The average Bonchev–Trinajstić information content (AvgIpc) is 3.41. The second-order valence-corrected chi connectivity index (χ2v) is 5.76. The van der Waals surface area contributed by atoms with Crippen LogP contribution in [0.1, 0.15) is 23.1 Å². The minimum Gasteiger partial charge on any atom is -0.507 e. The molecule has 130 valence electrons. The van der Waals surface area contributed by atoms with Gasteiger partial charge in [0.25, 0.3) is 11.7 Å². The lowest BCUT2D eigenvalue weighted by Gasteiger charge is -2.22. The maximum absolute atomic E-state index is 12.7. The standard InChI is InChI=1S/C19H14N2O5/c22-17(12-5-7-20-8-6-12)15-16(14-4-2-10-26-14)21(19(24)18(15)23)11-13-3-1-9-25-13/h1-10,16,22H,11H2/b17-15-. The molecule has 26 heavy (non-hydrogen) atoms. The van der Waals surface area contributed by atoms with Crippen LogP contribution in [0.5, 0.6) is 0 Å². The van der Waals surface area contributed by atoms with Crippen LogP contribution in [0.25, 0.3) is 5.76 Å². The van der Waals surface area contributed by atoms with E-state index in [0.29, 0.717) is 17.1 Å². The quantitative estimate of drug-likeness (QED) is 0.441. The lowest BCUT2D eigenvalue weighted by Crippen LogP contribution is -2.28. The number of amides is 1. The van der Waals surface area contributed by atoms with Gasteiger partial charge in [-0.1, -0.05) is 0 Å². The third kappa shape index (κ3) is 2.59. The van der Waals surface area contributed by atoms with Crippen LogP contribution in [0.15, 0.2) is 75.7 Å². The maximum atomic E-state index is 12.7. The van der Waals surface area contributed by atoms with Crippen LogP contribution in [0.3, 0.4) is 0 Å². The molecule has 1 fully saturated rings. The number of aliphatic hydroxyl groups excluding tert-OH is 1. The number of hydrogen-bond acceptors (Lipinski definition) is 6. The number of carbonyl (C=O) groups excluding carboxylic acids is 2. The molecule has 7 heteroatoms. The monoisotopic (exact) mass is 350 g/mol. The van der Waals surface area contributed by atoms with Gasteiger partial charge >= 0.3 is 0 Å². The number of aliphatic hydroxyl groups is 1. The van der Waals surface area contributed by atoms with Crippen LogP contribution in [0.4, 0.5) is 0 Å². The summed E-state index contributed by atoms with van der Waals surface area (Å²) in [4.78, 5) is 30.5. The van der Waals surface area contributed by atoms with Gasteiger partial charge in [0.15, 0.2) is 0 Å². The molecule has 0 aromatic carbocycles. The first-order chi connectivity index (χ1) is 12.7. The van der Waals surface area contributed by atoms with Crippen molar-refractivity contribution in [2.24, 2.45) is 0 Å². The fourth-order valence-corrected chi connectivity index (χ4v) is 3.02. The predicted molar refractivity (Wildman–Crippen MR) is 89.5 cm³/mol. The number of nitrogens with zero attached hydrogens (tertiary/aromatic N) is 2. The molecule has 3 aromatic heterocycles. The summed E-state index contributed by atoms with van der Waals surface area (Å²) < 4.78 is 10.7. The number of Topliss-reactive ketones (excluding diaryl/α,β-unsaturated/α-hetero) is 1. The first-order valence-electron chi connectivity index (χ1n) is 7.91. The third-order valence-electron chi connectivity index (χ3n) is 4.21. The van der Waals surface area contributed by atoms with Gasteiger partial charge in [0.1, 0.15) is 23.3 Å². The Kier molecular flexibility index (Phi) is 3.89. The first-order valence-corrected chi connectivity index (χ1v) is 7.91. The van der Waals surface area contributed by atoms with E-state index in [1.807, 2.05) is 0 Å². The Morgan fingerprint density at radius 2 is 1.81 bits per heavy atom. The van der Waals surface area contributed by atoms with Crippen molar-refractivity contribution in [3.8, 4) is 0 Å². The fraction of sp³-hybridized carbons (Fsp3) is 0.105. The molecular formula is C19H14N2O5. The van der Waals surface area contributed by atoms with E-state index >= 15 is 0 Å². The van der Waals surface area contributed by atoms with Crippen LogP contribution in [-0.2, 0) is 16.1 Å². The van der Waals surface area contributed by atoms with Gasteiger partial charge in [-0.25, -0.2) is 0 Å². The molecule has 3 aromatic rings. The highest BCUT2D eigenvalue weighted by molar-refractivity contribution is 6.46. The zero-order valence-electron chi connectivity index (χ0n) is 13.5. The topological polar surface area (TPSA) is 96.8 Å². The van der Waals surface area contributed by atoms with E-state index in [0.717, 1.165) is 0 Å². The van der Waals surface area contributed by atoms with Gasteiger partial charge < -0.3 is 18.8 Å². The molecule has 1 atom stereocenters. The number of carbonyl (C=O) groups is 2. The Hall–Kier alpha value is -3.61. The summed E-state index contributed by atoms with van der Waals surface area (Å²) in [6.45, 7) is 0.0794. The Morgan fingerprint density at radius 1 is 1.08 bits per heavy atom. The van der Waals surface area contributed by atoms with Crippen LogP contribution in [-0.4, -0.2) is 26.7 Å². The second kappa shape index (κ2) is 6.36. The summed E-state index contributed by atoms with van der Waals surface area (Å²) in [6.07, 6.45) is 5.94. The highest BCUT2D eigenvalue weighted by Crippen LogP contribution is 2.40. The van der Waals surface area contributed by atoms with Crippen LogP contribution in [0, 0.1) is 0 Å². The van der Waals surface area contributed by atoms with E-state index in [1.165, 1.54) is 29.8 Å². The minimum atomic E-state index is -0.844. The van der Waals surface area contributed by atoms with Crippen molar-refractivity contribution in [2.45, 2.75) is 12.6 Å². The summed E-state index contributed by atoms with van der Waals surface area (Å²) in [5.41, 5.74) is 0.371. The van der Waals surface area contributed by atoms with Crippen LogP contribution < -0.4 is 0 Å². The maximum Gasteiger partial charge on any atom is 0.296 e. The number of aromatic nitrogens is 1. The summed E-state index contributed by atoms with van der Waals surface area (Å²) in [5.74, 6) is -0.863. The molecule has 0 spiro atoms. The summed E-state index contributed by atoms with van der Waals surface area (Å²) in [7, 11) is 0. The highest BCUT2D eigenvalue weighted by atomic mass is 16.3. The molecule has 0 bridgehead atoms. The molecule has 1 saturated heterocycles. The highest BCUT2D eigenvalue weighted by Gasteiger charge is 2.47. The van der Waals surface area contributed by atoms with E-state index in [-0.39, 0.29) is 17.9 Å². The molecule has 1 aliphatic heterocycles. The lowest BCUT2D eigenvalue weighted by atomic mass is 10.00. The molecule has 0 aliphatic carbocycles. The number of furan rings is 2. The molecule has 7 nitrogen and oxygen atoms in total. The van der Waals surface area contributed by atoms with Gasteiger partial charge in [0.2, 0.25) is 0 Å². The van der Waals surface area contributed by atoms with Crippen molar-refractivity contribution < 1.29 is 23.5 Å². The largest absolute Gasteiger partial charge is 0.507 e. The molecule has 0 saturated carbocycles. The van der Waals surface area contributed by atoms with Crippen molar-refractivity contribution in [2.75, 3.05) is 0 Å². The van der Waals surface area contributed by atoms with Gasteiger partial charge in [-0.05, 0) is 36.4 Å². The van der Waals surface area contributed by atoms with E-state index < -0.39 is 17.7 Å². The number of likely N-dealkylation sites (tertiary alicyclic amines) is 1. The predicted octanol–water partition coefficient (Wildman–Crippen LogP) is 2.89. The Bertz CT molecular complexity index is 959. The van der Waals surface area contributed by atoms with Crippen molar-refractivity contribution in [3.05, 3.63) is 84.0 Å². The summed E-state index contributed by atoms with van der Waals surface area (Å²) in [5, 5.41) is 10.7. The van der Waals surface area contributed by atoms with E-state index in [4.69, 9.17) is 8.83 Å². The van der Waals surface area contributed by atoms with Gasteiger partial charge in [-0.15, -0.1) is 0 Å². The molecule has 1 unspecified atom stereocenters. The molecule has 0 radical (unpaired) electrons. The second-order valence-electron chi connectivity index (χ2n) is 5.76. The van der Waals surface area contributed by atoms with E-state index in [1.54, 1.807) is 36.4 Å². The molecule has 1 aliphatic rings. The molecule has 4 rings (SSSR count). The van der Waals surface area contributed by atoms with Crippen molar-refractivity contribution in [1.82, 2.24) is 9.88 Å². The van der Waals surface area contributed by atoms with Gasteiger partial charge in [0, 0.05) is 18.0 Å². The third-order valence-corrected chi connectivity index (χ3v) is 4.21. The smallest absolute Gasteiger partial charge is 0.296 e. The van der Waals surface area contributed by atoms with E-state index in [9.17, 15) is 14.7 Å². The molecule has 1 amide bonds. The summed E-state index contributed by atoms with van der Waals surface area (Å²) in [6, 6.07) is 9.01. The van der Waals surface area contributed by atoms with Gasteiger partial charge in [0.05, 0.1) is 24.6 Å². The zero-order valence-corrected chi connectivity index (χ0v) is 13.5. The van der Waals surface area contributed by atoms with E-state index in [2.05, 4.69) is 4.98 Å². The molecule has 4 heterocycles. The Morgan fingerprint density at radius 3 is 2.46 bits per heavy atom. The van der Waals surface area contributed by atoms with Gasteiger partial charge in [-0.3, -0.25) is 14.6 Å². The number of pyridine rings is 1. The lowest BCUT2D eigenvalue weighted by molar-refractivity contribution is -0.140. The van der Waals surface area contributed by atoms with Crippen molar-refractivity contribution >= 4 is 17.4 Å². The number of rotatable bonds is 4. The van der Waals surface area contributed by atoms with Crippen LogP contribution in [0.2, 0.25) is 0 Å². The Labute approximate surface area is 148 Å². The van der Waals surface area contributed by atoms with Gasteiger partial charge in [-0.2, -0.15) is 0 Å².